The highest BCUT2D eigenvalue weighted by atomic mass is 16.5. The molecule has 110 valence electrons. The number of pyridine rings is 1. The predicted octanol–water partition coefficient (Wildman–Crippen LogP) is 1.70. The minimum Gasteiger partial charge on any atom is -0.480 e. The number of carbonyl (C=O) groups is 1. The predicted molar refractivity (Wildman–Crippen MR) is 78.0 cm³/mol. The average Bonchev–Trinajstić information content (AvgIpc) is 2.52. The zero-order valence-corrected chi connectivity index (χ0v) is 12.1. The van der Waals surface area contributed by atoms with Crippen molar-refractivity contribution in [1.82, 2.24) is 15.2 Å². The number of nitrogens with one attached hydrogen (secondary N) is 1. The van der Waals surface area contributed by atoms with Crippen LogP contribution in [0.2, 0.25) is 0 Å². The lowest BCUT2D eigenvalue weighted by Crippen LogP contribution is -2.33. The van der Waals surface area contributed by atoms with Gasteiger partial charge in [0.05, 0.1) is 7.11 Å². The highest BCUT2D eigenvalue weighted by Crippen LogP contribution is 2.13. The van der Waals surface area contributed by atoms with E-state index in [9.17, 15) is 4.79 Å². The maximum Gasteiger partial charge on any atom is 0.256 e. The van der Waals surface area contributed by atoms with Crippen molar-refractivity contribution in [3.63, 3.8) is 0 Å². The molecule has 0 bridgehead atoms. The lowest BCUT2D eigenvalue weighted by molar-refractivity contribution is 0.0947. The molecule has 1 N–H and O–H groups in total. The number of nitrogens with zero attached hydrogens (tertiary/aromatic N) is 2. The third kappa shape index (κ3) is 4.20. The third-order valence-corrected chi connectivity index (χ3v) is 3.59. The molecule has 2 rings (SSSR count). The van der Waals surface area contributed by atoms with Crippen molar-refractivity contribution in [2.75, 3.05) is 33.3 Å². The van der Waals surface area contributed by atoms with Gasteiger partial charge in [-0.15, -0.1) is 0 Å². The summed E-state index contributed by atoms with van der Waals surface area (Å²) >= 11 is 0. The quantitative estimate of drug-likeness (QED) is 0.804. The van der Waals surface area contributed by atoms with Crippen molar-refractivity contribution >= 4 is 5.91 Å². The van der Waals surface area contributed by atoms with Gasteiger partial charge in [0.15, 0.2) is 0 Å². The van der Waals surface area contributed by atoms with E-state index in [0.29, 0.717) is 18.0 Å². The van der Waals surface area contributed by atoms with Gasteiger partial charge in [-0.2, -0.15) is 0 Å². The minimum absolute atomic E-state index is 0.117. The van der Waals surface area contributed by atoms with Crippen LogP contribution >= 0.6 is 0 Å². The maximum absolute atomic E-state index is 12.0. The van der Waals surface area contributed by atoms with E-state index in [1.54, 1.807) is 18.3 Å². The van der Waals surface area contributed by atoms with Gasteiger partial charge in [-0.05, 0) is 51.0 Å². The van der Waals surface area contributed by atoms with Crippen LogP contribution in [0.25, 0.3) is 0 Å². The molecule has 1 aromatic heterocycles. The molecule has 1 aliphatic rings. The molecule has 1 amide bonds. The Morgan fingerprint density at radius 1 is 1.40 bits per heavy atom. The molecule has 5 heteroatoms. The standard InChI is InChI=1S/C15H23N3O2/c1-20-15-13(7-5-8-17-15)14(19)16-9-6-12-18-10-3-2-4-11-18/h5,7-8H,2-4,6,9-12H2,1H3,(H,16,19). The lowest BCUT2D eigenvalue weighted by atomic mass is 10.1. The number of ether oxygens (including phenoxy) is 1. The summed E-state index contributed by atoms with van der Waals surface area (Å²) in [6.45, 7) is 4.15. The summed E-state index contributed by atoms with van der Waals surface area (Å²) < 4.78 is 5.09. The van der Waals surface area contributed by atoms with Gasteiger partial charge in [-0.1, -0.05) is 6.42 Å². The van der Waals surface area contributed by atoms with Crippen LogP contribution < -0.4 is 10.1 Å². The van der Waals surface area contributed by atoms with E-state index >= 15 is 0 Å². The highest BCUT2D eigenvalue weighted by Gasteiger charge is 2.13. The first-order valence-electron chi connectivity index (χ1n) is 7.31. The number of hydrogen-bond acceptors (Lipinski definition) is 4. The Bertz CT molecular complexity index is 431. The number of rotatable bonds is 6. The van der Waals surface area contributed by atoms with Crippen molar-refractivity contribution in [1.29, 1.82) is 0 Å². The third-order valence-electron chi connectivity index (χ3n) is 3.59. The van der Waals surface area contributed by atoms with Crippen molar-refractivity contribution < 1.29 is 9.53 Å². The number of aromatic nitrogens is 1. The van der Waals surface area contributed by atoms with Crippen molar-refractivity contribution in [2.45, 2.75) is 25.7 Å². The largest absolute Gasteiger partial charge is 0.480 e. The Balaban J connectivity index is 1.72. The van der Waals surface area contributed by atoms with Crippen LogP contribution in [0.5, 0.6) is 5.88 Å². The molecule has 1 aliphatic heterocycles. The second-order valence-corrected chi connectivity index (χ2v) is 5.07. The molecular weight excluding hydrogens is 254 g/mol. The zero-order chi connectivity index (χ0) is 14.2. The van der Waals surface area contributed by atoms with E-state index in [4.69, 9.17) is 4.74 Å². The lowest BCUT2D eigenvalue weighted by Gasteiger charge is -2.26. The molecule has 0 saturated carbocycles. The molecule has 20 heavy (non-hydrogen) atoms. The molecule has 5 nitrogen and oxygen atoms in total. The summed E-state index contributed by atoms with van der Waals surface area (Å²) in [4.78, 5) is 18.5. The second kappa shape index (κ2) is 7.85. The number of methoxy groups -OCH3 is 1. The van der Waals surface area contributed by atoms with Crippen LogP contribution in [0.1, 0.15) is 36.0 Å². The molecular formula is C15H23N3O2. The first kappa shape index (κ1) is 14.8. The summed E-state index contributed by atoms with van der Waals surface area (Å²) in [6, 6.07) is 3.47. The Labute approximate surface area is 120 Å². The van der Waals surface area contributed by atoms with Gasteiger partial charge >= 0.3 is 0 Å². The number of likely N-dealkylation sites (tertiary alicyclic amines) is 1. The van der Waals surface area contributed by atoms with E-state index in [1.165, 1.54) is 39.5 Å². The summed E-state index contributed by atoms with van der Waals surface area (Å²) in [7, 11) is 1.52. The Morgan fingerprint density at radius 3 is 2.95 bits per heavy atom. The van der Waals surface area contributed by atoms with E-state index in [1.807, 2.05) is 0 Å². The molecule has 0 aromatic carbocycles. The van der Waals surface area contributed by atoms with Crippen LogP contribution in [-0.4, -0.2) is 49.1 Å². The van der Waals surface area contributed by atoms with E-state index in [2.05, 4.69) is 15.2 Å². The topological polar surface area (TPSA) is 54.5 Å². The fourth-order valence-corrected chi connectivity index (χ4v) is 2.51. The van der Waals surface area contributed by atoms with Crippen LogP contribution in [0.15, 0.2) is 18.3 Å². The molecule has 0 unspecified atom stereocenters. The van der Waals surface area contributed by atoms with E-state index in [0.717, 1.165) is 13.0 Å². The number of carbonyl (C=O) groups excluding carboxylic acids is 1. The zero-order valence-electron chi connectivity index (χ0n) is 12.1. The van der Waals surface area contributed by atoms with Crippen molar-refractivity contribution in [2.24, 2.45) is 0 Å². The van der Waals surface area contributed by atoms with Gasteiger partial charge in [0, 0.05) is 12.7 Å². The van der Waals surface area contributed by atoms with Crippen LogP contribution in [0.3, 0.4) is 0 Å². The molecule has 2 heterocycles. The summed E-state index contributed by atoms with van der Waals surface area (Å²) in [5.74, 6) is 0.259. The van der Waals surface area contributed by atoms with Gasteiger partial charge in [-0.3, -0.25) is 4.79 Å². The first-order valence-corrected chi connectivity index (χ1v) is 7.31. The van der Waals surface area contributed by atoms with Gasteiger partial charge in [0.1, 0.15) is 5.56 Å². The summed E-state index contributed by atoms with van der Waals surface area (Å²) in [5.41, 5.74) is 0.493. The number of piperidine rings is 1. The van der Waals surface area contributed by atoms with Gasteiger partial charge < -0.3 is 15.0 Å². The Kier molecular flexibility index (Phi) is 5.80. The fraction of sp³-hybridized carbons (Fsp3) is 0.600. The van der Waals surface area contributed by atoms with Crippen LogP contribution in [0.4, 0.5) is 0 Å². The minimum atomic E-state index is -0.117. The van der Waals surface area contributed by atoms with Crippen molar-refractivity contribution in [3.8, 4) is 5.88 Å². The SMILES string of the molecule is COc1ncccc1C(=O)NCCCN1CCCCC1. The van der Waals surface area contributed by atoms with Crippen LogP contribution in [-0.2, 0) is 0 Å². The molecule has 0 spiro atoms. The van der Waals surface area contributed by atoms with Crippen molar-refractivity contribution in [3.05, 3.63) is 23.9 Å². The highest BCUT2D eigenvalue weighted by molar-refractivity contribution is 5.96. The second-order valence-electron chi connectivity index (χ2n) is 5.07. The molecule has 1 fully saturated rings. The van der Waals surface area contributed by atoms with Gasteiger partial charge in [0.2, 0.25) is 5.88 Å². The van der Waals surface area contributed by atoms with E-state index in [-0.39, 0.29) is 5.91 Å². The van der Waals surface area contributed by atoms with Crippen LogP contribution in [0, 0.1) is 0 Å². The fourth-order valence-electron chi connectivity index (χ4n) is 2.51. The Morgan fingerprint density at radius 2 is 2.20 bits per heavy atom. The molecule has 0 aliphatic carbocycles. The summed E-state index contributed by atoms with van der Waals surface area (Å²) in [5, 5.41) is 2.93. The number of hydrogen-bond donors (Lipinski definition) is 1. The maximum atomic E-state index is 12.0. The smallest absolute Gasteiger partial charge is 0.256 e. The monoisotopic (exact) mass is 277 g/mol. The van der Waals surface area contributed by atoms with Gasteiger partial charge in [-0.25, -0.2) is 4.98 Å². The number of amides is 1. The molecule has 1 aromatic rings. The normalized spacial score (nSPS) is 15.8. The summed E-state index contributed by atoms with van der Waals surface area (Å²) in [6.07, 6.45) is 6.56. The molecule has 0 radical (unpaired) electrons. The molecule has 0 atom stereocenters. The average molecular weight is 277 g/mol. The Hall–Kier alpha value is -1.62. The van der Waals surface area contributed by atoms with Gasteiger partial charge in [0.25, 0.3) is 5.91 Å². The van der Waals surface area contributed by atoms with E-state index < -0.39 is 0 Å². The molecule has 1 saturated heterocycles. The first-order chi connectivity index (χ1) is 9.81.